The predicted octanol–water partition coefficient (Wildman–Crippen LogP) is 1.82. The Balaban J connectivity index is 2.86. The Bertz CT molecular complexity index is 396. The van der Waals surface area contributed by atoms with Gasteiger partial charge in [0.25, 0.3) is 0 Å². The van der Waals surface area contributed by atoms with Gasteiger partial charge in [0.1, 0.15) is 0 Å². The van der Waals surface area contributed by atoms with Gasteiger partial charge in [-0.15, -0.1) is 6.42 Å². The molecular formula is C10H8BrNO2. The second-order valence-corrected chi connectivity index (χ2v) is 3.43. The molecule has 0 aliphatic carbocycles. The van der Waals surface area contributed by atoms with E-state index in [9.17, 15) is 4.79 Å². The number of benzene rings is 1. The zero-order valence-corrected chi connectivity index (χ0v) is 8.87. The van der Waals surface area contributed by atoms with Crippen molar-refractivity contribution in [3.8, 4) is 12.3 Å². The van der Waals surface area contributed by atoms with Crippen molar-refractivity contribution < 1.29 is 9.53 Å². The van der Waals surface area contributed by atoms with Crippen molar-refractivity contribution in [1.29, 1.82) is 0 Å². The molecule has 0 bridgehead atoms. The van der Waals surface area contributed by atoms with Crippen LogP contribution in [-0.4, -0.2) is 12.6 Å². The molecule has 0 heterocycles. The van der Waals surface area contributed by atoms with Crippen LogP contribution in [0.15, 0.2) is 22.7 Å². The number of carbonyl (C=O) groups is 1. The molecule has 4 heteroatoms. The SMILES string of the molecule is C#CCOC(=O)c1ccc(Br)cc1N. The first-order valence-corrected chi connectivity index (χ1v) is 4.60. The van der Waals surface area contributed by atoms with Gasteiger partial charge in [-0.1, -0.05) is 21.9 Å². The third kappa shape index (κ3) is 2.51. The van der Waals surface area contributed by atoms with Gasteiger partial charge in [-0.05, 0) is 18.2 Å². The summed E-state index contributed by atoms with van der Waals surface area (Å²) in [6.45, 7) is -0.0473. The topological polar surface area (TPSA) is 52.3 Å². The highest BCUT2D eigenvalue weighted by atomic mass is 79.9. The van der Waals surface area contributed by atoms with Gasteiger partial charge in [0, 0.05) is 10.2 Å². The van der Waals surface area contributed by atoms with Crippen LogP contribution < -0.4 is 5.73 Å². The summed E-state index contributed by atoms with van der Waals surface area (Å²) in [6.07, 6.45) is 4.95. The summed E-state index contributed by atoms with van der Waals surface area (Å²) in [4.78, 5) is 11.3. The number of hydrogen-bond donors (Lipinski definition) is 1. The summed E-state index contributed by atoms with van der Waals surface area (Å²) in [5.41, 5.74) is 6.30. The van der Waals surface area contributed by atoms with E-state index in [1.165, 1.54) is 0 Å². The Morgan fingerprint density at radius 2 is 2.36 bits per heavy atom. The Labute approximate surface area is 90.4 Å². The molecule has 0 saturated heterocycles. The fraction of sp³-hybridized carbons (Fsp3) is 0.100. The fourth-order valence-electron chi connectivity index (χ4n) is 0.904. The Morgan fingerprint density at radius 3 is 2.93 bits per heavy atom. The molecular weight excluding hydrogens is 246 g/mol. The Hall–Kier alpha value is -1.47. The highest BCUT2D eigenvalue weighted by Crippen LogP contribution is 2.19. The van der Waals surface area contributed by atoms with Crippen LogP contribution in [0, 0.1) is 12.3 Å². The van der Waals surface area contributed by atoms with E-state index < -0.39 is 5.97 Å². The number of terminal acetylenes is 1. The van der Waals surface area contributed by atoms with Gasteiger partial charge in [0.05, 0.1) is 5.56 Å². The van der Waals surface area contributed by atoms with Gasteiger partial charge in [0.15, 0.2) is 6.61 Å². The number of carbonyl (C=O) groups excluding carboxylic acids is 1. The molecule has 3 nitrogen and oxygen atoms in total. The van der Waals surface area contributed by atoms with E-state index >= 15 is 0 Å². The van der Waals surface area contributed by atoms with Crippen molar-refractivity contribution in [3.05, 3.63) is 28.2 Å². The van der Waals surface area contributed by atoms with Gasteiger partial charge in [-0.3, -0.25) is 0 Å². The van der Waals surface area contributed by atoms with Gasteiger partial charge in [-0.25, -0.2) is 4.79 Å². The summed E-state index contributed by atoms with van der Waals surface area (Å²) in [6, 6.07) is 4.92. The van der Waals surface area contributed by atoms with E-state index in [-0.39, 0.29) is 6.61 Å². The molecule has 0 saturated carbocycles. The minimum atomic E-state index is -0.507. The molecule has 0 radical (unpaired) electrons. The maximum absolute atomic E-state index is 11.3. The summed E-state index contributed by atoms with van der Waals surface area (Å²) >= 11 is 3.23. The number of nitrogen functional groups attached to an aromatic ring is 1. The normalized spacial score (nSPS) is 9.14. The van der Waals surface area contributed by atoms with Crippen LogP contribution in [0.2, 0.25) is 0 Å². The molecule has 0 spiro atoms. The fourth-order valence-corrected chi connectivity index (χ4v) is 1.28. The van der Waals surface area contributed by atoms with Crippen LogP contribution in [0.1, 0.15) is 10.4 Å². The lowest BCUT2D eigenvalue weighted by molar-refractivity contribution is 0.0558. The lowest BCUT2D eigenvalue weighted by Crippen LogP contribution is -2.08. The van der Waals surface area contributed by atoms with Gasteiger partial charge >= 0.3 is 5.97 Å². The van der Waals surface area contributed by atoms with E-state index in [1.54, 1.807) is 18.2 Å². The lowest BCUT2D eigenvalue weighted by Gasteiger charge is -2.04. The van der Waals surface area contributed by atoms with E-state index in [0.717, 1.165) is 4.47 Å². The van der Waals surface area contributed by atoms with E-state index in [0.29, 0.717) is 11.3 Å². The molecule has 0 aliphatic heterocycles. The monoisotopic (exact) mass is 253 g/mol. The number of esters is 1. The number of hydrogen-bond acceptors (Lipinski definition) is 3. The number of ether oxygens (including phenoxy) is 1. The number of nitrogens with two attached hydrogens (primary N) is 1. The van der Waals surface area contributed by atoms with E-state index in [4.69, 9.17) is 16.9 Å². The van der Waals surface area contributed by atoms with Crippen molar-refractivity contribution >= 4 is 27.6 Å². The van der Waals surface area contributed by atoms with Crippen LogP contribution in [0.3, 0.4) is 0 Å². The largest absolute Gasteiger partial charge is 0.449 e. The van der Waals surface area contributed by atoms with Crippen LogP contribution in [0.4, 0.5) is 5.69 Å². The molecule has 1 aromatic carbocycles. The Morgan fingerprint density at radius 1 is 1.64 bits per heavy atom. The molecule has 1 rings (SSSR count). The van der Waals surface area contributed by atoms with Crippen molar-refractivity contribution in [2.24, 2.45) is 0 Å². The molecule has 72 valence electrons. The molecule has 0 aromatic heterocycles. The molecule has 2 N–H and O–H groups in total. The zero-order valence-electron chi connectivity index (χ0n) is 7.29. The molecule has 14 heavy (non-hydrogen) atoms. The van der Waals surface area contributed by atoms with Crippen molar-refractivity contribution in [2.45, 2.75) is 0 Å². The molecule has 0 atom stereocenters. The minimum Gasteiger partial charge on any atom is -0.449 e. The molecule has 0 unspecified atom stereocenters. The van der Waals surface area contributed by atoms with Crippen LogP contribution in [0.5, 0.6) is 0 Å². The maximum atomic E-state index is 11.3. The van der Waals surface area contributed by atoms with Crippen molar-refractivity contribution in [1.82, 2.24) is 0 Å². The van der Waals surface area contributed by atoms with Crippen LogP contribution >= 0.6 is 15.9 Å². The molecule has 0 fully saturated rings. The first-order valence-electron chi connectivity index (χ1n) is 3.80. The average Bonchev–Trinajstić information content (AvgIpc) is 2.14. The summed E-state index contributed by atoms with van der Waals surface area (Å²) in [5.74, 6) is 1.70. The third-order valence-corrected chi connectivity index (χ3v) is 2.01. The molecule has 0 aliphatic rings. The van der Waals surface area contributed by atoms with Crippen LogP contribution in [0.25, 0.3) is 0 Å². The first-order chi connectivity index (χ1) is 6.65. The highest BCUT2D eigenvalue weighted by Gasteiger charge is 2.10. The van der Waals surface area contributed by atoms with E-state index in [2.05, 4.69) is 21.9 Å². The quantitative estimate of drug-likeness (QED) is 0.497. The van der Waals surface area contributed by atoms with Crippen molar-refractivity contribution in [2.75, 3.05) is 12.3 Å². The third-order valence-electron chi connectivity index (χ3n) is 1.52. The lowest BCUT2D eigenvalue weighted by atomic mass is 10.2. The van der Waals surface area contributed by atoms with Crippen molar-refractivity contribution in [3.63, 3.8) is 0 Å². The standard InChI is InChI=1S/C10H8BrNO2/c1-2-5-14-10(13)8-4-3-7(11)6-9(8)12/h1,3-4,6H,5,12H2. The average molecular weight is 254 g/mol. The molecule has 1 aromatic rings. The van der Waals surface area contributed by atoms with Crippen LogP contribution in [-0.2, 0) is 4.74 Å². The zero-order chi connectivity index (χ0) is 10.6. The minimum absolute atomic E-state index is 0.0473. The summed E-state index contributed by atoms with van der Waals surface area (Å²) in [7, 11) is 0. The summed E-state index contributed by atoms with van der Waals surface area (Å²) in [5, 5.41) is 0. The van der Waals surface area contributed by atoms with Gasteiger partial charge in [0.2, 0.25) is 0 Å². The van der Waals surface area contributed by atoms with Gasteiger partial charge < -0.3 is 10.5 Å². The predicted molar refractivity (Wildman–Crippen MR) is 57.7 cm³/mol. The van der Waals surface area contributed by atoms with Gasteiger partial charge in [-0.2, -0.15) is 0 Å². The second-order valence-electron chi connectivity index (χ2n) is 2.51. The molecule has 0 amide bonds. The first kappa shape index (κ1) is 10.6. The summed E-state index contributed by atoms with van der Waals surface area (Å²) < 4.78 is 5.54. The maximum Gasteiger partial charge on any atom is 0.341 e. The smallest absolute Gasteiger partial charge is 0.341 e. The number of anilines is 1. The number of rotatable bonds is 2. The Kier molecular flexibility index (Phi) is 3.55. The number of halogens is 1. The highest BCUT2D eigenvalue weighted by molar-refractivity contribution is 9.10. The van der Waals surface area contributed by atoms with E-state index in [1.807, 2.05) is 0 Å². The second kappa shape index (κ2) is 4.68.